The van der Waals surface area contributed by atoms with Crippen molar-refractivity contribution >= 4 is 16.8 Å². The first kappa shape index (κ1) is 18.3. The molecule has 28 heavy (non-hydrogen) atoms. The maximum absolute atomic E-state index is 13.4. The van der Waals surface area contributed by atoms with Crippen molar-refractivity contribution in [2.75, 3.05) is 26.7 Å². The maximum atomic E-state index is 13.4. The lowest BCUT2D eigenvalue weighted by molar-refractivity contribution is 0.0544. The molecule has 0 bridgehead atoms. The van der Waals surface area contributed by atoms with Gasteiger partial charge in [0.05, 0.1) is 11.6 Å². The van der Waals surface area contributed by atoms with E-state index in [9.17, 15) is 18.4 Å². The highest BCUT2D eigenvalue weighted by Crippen LogP contribution is 2.25. The summed E-state index contributed by atoms with van der Waals surface area (Å²) in [6.45, 7) is 1.50. The maximum Gasteiger partial charge on any atom is 0.261 e. The van der Waals surface area contributed by atoms with Crippen LogP contribution in [0.1, 0.15) is 22.0 Å². The quantitative estimate of drug-likeness (QED) is 0.740. The molecule has 1 unspecified atom stereocenters. The van der Waals surface area contributed by atoms with E-state index in [1.807, 2.05) is 7.05 Å². The number of piperazine rings is 1. The van der Waals surface area contributed by atoms with Crippen molar-refractivity contribution < 1.29 is 13.6 Å². The number of aromatic amines is 1. The summed E-state index contributed by atoms with van der Waals surface area (Å²) in [7, 11) is 1.95. The molecule has 0 aliphatic carbocycles. The van der Waals surface area contributed by atoms with E-state index >= 15 is 0 Å². The Kier molecular flexibility index (Phi) is 4.68. The van der Waals surface area contributed by atoms with Crippen molar-refractivity contribution in [2.24, 2.45) is 0 Å². The SMILES string of the molecule is CN1CCN(C(=O)c2cc3ccc(F)cc3[nH]c2=O)CC1c1ccc(F)cc1. The molecule has 1 aromatic heterocycles. The van der Waals surface area contributed by atoms with Crippen molar-refractivity contribution in [3.8, 4) is 0 Å². The highest BCUT2D eigenvalue weighted by molar-refractivity contribution is 5.97. The second-order valence-electron chi connectivity index (χ2n) is 7.04. The predicted molar refractivity (Wildman–Crippen MR) is 102 cm³/mol. The van der Waals surface area contributed by atoms with Gasteiger partial charge >= 0.3 is 0 Å². The number of likely N-dealkylation sites (N-methyl/N-ethyl adjacent to an activating group) is 1. The minimum absolute atomic E-state index is 0.0292. The number of rotatable bonds is 2. The van der Waals surface area contributed by atoms with Crippen molar-refractivity contribution in [1.82, 2.24) is 14.8 Å². The normalized spacial score (nSPS) is 17.8. The van der Waals surface area contributed by atoms with Crippen LogP contribution in [0.25, 0.3) is 10.9 Å². The molecular weight excluding hydrogens is 364 g/mol. The Balaban J connectivity index is 1.63. The molecule has 1 fully saturated rings. The summed E-state index contributed by atoms with van der Waals surface area (Å²) in [4.78, 5) is 31.7. The minimum Gasteiger partial charge on any atom is -0.335 e. The molecule has 1 saturated heterocycles. The van der Waals surface area contributed by atoms with Crippen LogP contribution in [0, 0.1) is 11.6 Å². The van der Waals surface area contributed by atoms with E-state index in [0.717, 1.165) is 5.56 Å². The van der Waals surface area contributed by atoms with E-state index in [1.165, 1.54) is 36.4 Å². The standard InChI is InChI=1S/C21H19F2N3O2/c1-25-8-9-26(12-19(25)13-2-5-15(22)6-3-13)21(28)17-10-14-4-7-16(23)11-18(14)24-20(17)27/h2-7,10-11,19H,8-9,12H2,1H3,(H,24,27). The summed E-state index contributed by atoms with van der Waals surface area (Å²) in [6, 6.07) is 11.7. The van der Waals surface area contributed by atoms with Crippen molar-refractivity contribution in [2.45, 2.75) is 6.04 Å². The zero-order valence-electron chi connectivity index (χ0n) is 15.3. The number of amides is 1. The third-order valence-electron chi connectivity index (χ3n) is 5.23. The molecule has 144 valence electrons. The molecule has 1 aliphatic rings. The Labute approximate surface area is 160 Å². The van der Waals surface area contributed by atoms with Crippen molar-refractivity contribution in [3.63, 3.8) is 0 Å². The fourth-order valence-electron chi connectivity index (χ4n) is 3.61. The summed E-state index contributed by atoms with van der Waals surface area (Å²) in [6.07, 6.45) is 0. The van der Waals surface area contributed by atoms with E-state index in [0.29, 0.717) is 30.5 Å². The second kappa shape index (κ2) is 7.16. The molecule has 1 aliphatic heterocycles. The first-order chi connectivity index (χ1) is 13.4. The van der Waals surface area contributed by atoms with Gasteiger partial charge in [0.1, 0.15) is 17.2 Å². The van der Waals surface area contributed by atoms with Gasteiger partial charge in [0, 0.05) is 19.6 Å². The zero-order valence-corrected chi connectivity index (χ0v) is 15.3. The highest BCUT2D eigenvalue weighted by Gasteiger charge is 2.30. The number of carbonyl (C=O) groups is 1. The summed E-state index contributed by atoms with van der Waals surface area (Å²) >= 11 is 0. The fourth-order valence-corrected chi connectivity index (χ4v) is 3.61. The molecule has 0 spiro atoms. The lowest BCUT2D eigenvalue weighted by Crippen LogP contribution is -2.49. The third kappa shape index (κ3) is 3.41. The van der Waals surface area contributed by atoms with Crippen LogP contribution in [0.5, 0.6) is 0 Å². The van der Waals surface area contributed by atoms with Gasteiger partial charge in [0.2, 0.25) is 0 Å². The van der Waals surface area contributed by atoms with E-state index in [-0.39, 0.29) is 23.3 Å². The minimum atomic E-state index is -0.541. The molecule has 1 atom stereocenters. The van der Waals surface area contributed by atoms with Crippen LogP contribution in [0.15, 0.2) is 53.3 Å². The van der Waals surface area contributed by atoms with Gasteiger partial charge in [-0.2, -0.15) is 0 Å². The van der Waals surface area contributed by atoms with Crippen LogP contribution in [0.2, 0.25) is 0 Å². The van der Waals surface area contributed by atoms with Gasteiger partial charge in [-0.15, -0.1) is 0 Å². The highest BCUT2D eigenvalue weighted by atomic mass is 19.1. The second-order valence-corrected chi connectivity index (χ2v) is 7.04. The largest absolute Gasteiger partial charge is 0.335 e. The molecule has 1 amide bonds. The summed E-state index contributed by atoms with van der Waals surface area (Å²) in [5.74, 6) is -1.13. The number of H-pyrrole nitrogens is 1. The molecule has 3 aromatic rings. The number of nitrogens with one attached hydrogen (secondary N) is 1. The Bertz CT molecular complexity index is 1090. The molecule has 7 heteroatoms. The fraction of sp³-hybridized carbons (Fsp3) is 0.238. The van der Waals surface area contributed by atoms with Gasteiger partial charge in [0.15, 0.2) is 0 Å². The average Bonchev–Trinajstić information content (AvgIpc) is 2.68. The smallest absolute Gasteiger partial charge is 0.261 e. The van der Waals surface area contributed by atoms with Gasteiger partial charge in [-0.3, -0.25) is 14.5 Å². The van der Waals surface area contributed by atoms with Gasteiger partial charge in [-0.1, -0.05) is 12.1 Å². The Morgan fingerprint density at radius 1 is 1.04 bits per heavy atom. The molecular formula is C21H19F2N3O2. The average molecular weight is 383 g/mol. The lowest BCUT2D eigenvalue weighted by atomic mass is 10.0. The van der Waals surface area contributed by atoms with Crippen LogP contribution in [-0.2, 0) is 0 Å². The summed E-state index contributed by atoms with van der Waals surface area (Å²) in [5.41, 5.74) is 0.746. The third-order valence-corrected chi connectivity index (χ3v) is 5.23. The molecule has 4 rings (SSSR count). The number of halogens is 2. The Hall–Kier alpha value is -3.06. The van der Waals surface area contributed by atoms with Crippen LogP contribution in [-0.4, -0.2) is 47.4 Å². The van der Waals surface area contributed by atoms with Crippen LogP contribution in [0.3, 0.4) is 0 Å². The number of pyridine rings is 1. The van der Waals surface area contributed by atoms with Gasteiger partial charge in [-0.05, 0) is 54.4 Å². The number of aromatic nitrogens is 1. The van der Waals surface area contributed by atoms with Crippen molar-refractivity contribution in [3.05, 3.63) is 81.6 Å². The molecule has 0 saturated carbocycles. The number of carbonyl (C=O) groups excluding carboxylic acids is 1. The first-order valence-electron chi connectivity index (χ1n) is 9.00. The molecule has 5 nitrogen and oxygen atoms in total. The van der Waals surface area contributed by atoms with E-state index < -0.39 is 11.4 Å². The monoisotopic (exact) mass is 383 g/mol. The molecule has 2 aromatic carbocycles. The first-order valence-corrected chi connectivity index (χ1v) is 9.00. The van der Waals surface area contributed by atoms with Crippen LogP contribution in [0.4, 0.5) is 8.78 Å². The van der Waals surface area contributed by atoms with Crippen molar-refractivity contribution in [1.29, 1.82) is 0 Å². The number of hydrogen-bond acceptors (Lipinski definition) is 3. The number of benzene rings is 2. The molecule has 0 radical (unpaired) electrons. The number of hydrogen-bond donors (Lipinski definition) is 1. The Morgan fingerprint density at radius 3 is 2.50 bits per heavy atom. The lowest BCUT2D eigenvalue weighted by Gasteiger charge is -2.39. The summed E-state index contributed by atoms with van der Waals surface area (Å²) < 4.78 is 26.6. The van der Waals surface area contributed by atoms with E-state index in [2.05, 4.69) is 9.88 Å². The van der Waals surface area contributed by atoms with E-state index in [4.69, 9.17) is 0 Å². The molecule has 1 N–H and O–H groups in total. The summed E-state index contributed by atoms with van der Waals surface area (Å²) in [5, 5.41) is 0.591. The number of nitrogens with zero attached hydrogens (tertiary/aromatic N) is 2. The van der Waals surface area contributed by atoms with Gasteiger partial charge in [-0.25, -0.2) is 8.78 Å². The zero-order chi connectivity index (χ0) is 19.8. The Morgan fingerprint density at radius 2 is 1.75 bits per heavy atom. The predicted octanol–water partition coefficient (Wildman–Crippen LogP) is 2.94. The van der Waals surface area contributed by atoms with Crippen LogP contribution < -0.4 is 5.56 Å². The topological polar surface area (TPSA) is 56.4 Å². The van der Waals surface area contributed by atoms with Crippen LogP contribution >= 0.6 is 0 Å². The molecule has 2 heterocycles. The number of fused-ring (bicyclic) bond motifs is 1. The van der Waals surface area contributed by atoms with E-state index in [1.54, 1.807) is 17.0 Å². The van der Waals surface area contributed by atoms with Gasteiger partial charge < -0.3 is 9.88 Å². The van der Waals surface area contributed by atoms with Gasteiger partial charge in [0.25, 0.3) is 11.5 Å².